The van der Waals surface area contributed by atoms with Gasteiger partial charge in [-0.2, -0.15) is 0 Å². The summed E-state index contributed by atoms with van der Waals surface area (Å²) in [4.78, 5) is 12.1. The van der Waals surface area contributed by atoms with E-state index in [1.807, 2.05) is 19.1 Å². The van der Waals surface area contributed by atoms with Gasteiger partial charge in [-0.25, -0.2) is 0 Å². The summed E-state index contributed by atoms with van der Waals surface area (Å²) in [5, 5.41) is 0.554. The lowest BCUT2D eigenvalue weighted by molar-refractivity contribution is 0.0921. The van der Waals surface area contributed by atoms with Gasteiger partial charge in [0, 0.05) is 10.6 Å². The average Bonchev–Trinajstić information content (AvgIpc) is 2.45. The molecule has 0 aliphatic heterocycles. The number of benzene rings is 2. The van der Waals surface area contributed by atoms with Crippen LogP contribution in [0.5, 0.6) is 5.75 Å². The monoisotopic (exact) mass is 302 g/mol. The second-order valence-electron chi connectivity index (χ2n) is 5.40. The zero-order chi connectivity index (χ0) is 15.4. The van der Waals surface area contributed by atoms with E-state index in [4.69, 9.17) is 16.3 Å². The van der Waals surface area contributed by atoms with E-state index in [0.29, 0.717) is 16.5 Å². The maximum Gasteiger partial charge on any atom is 0.200 e. The van der Waals surface area contributed by atoms with Gasteiger partial charge in [0.05, 0.1) is 0 Å². The van der Waals surface area contributed by atoms with Crippen LogP contribution in [0.15, 0.2) is 42.5 Å². The Kier molecular flexibility index (Phi) is 5.03. The van der Waals surface area contributed by atoms with Crippen LogP contribution in [0.3, 0.4) is 0 Å². The molecule has 2 nitrogen and oxygen atoms in total. The molecule has 0 spiro atoms. The van der Waals surface area contributed by atoms with Gasteiger partial charge >= 0.3 is 0 Å². The van der Waals surface area contributed by atoms with Gasteiger partial charge in [0.25, 0.3) is 0 Å². The summed E-state index contributed by atoms with van der Waals surface area (Å²) in [5.74, 6) is 1.11. The second kappa shape index (κ2) is 6.77. The van der Waals surface area contributed by atoms with Gasteiger partial charge in [-0.15, -0.1) is 0 Å². The first-order chi connectivity index (χ1) is 9.97. The fourth-order valence-electron chi connectivity index (χ4n) is 2.02. The van der Waals surface area contributed by atoms with E-state index in [2.05, 4.69) is 19.9 Å². The quantitative estimate of drug-likeness (QED) is 0.724. The van der Waals surface area contributed by atoms with E-state index in [1.54, 1.807) is 24.3 Å². The van der Waals surface area contributed by atoms with Crippen molar-refractivity contribution in [2.45, 2.75) is 26.7 Å². The Morgan fingerprint density at radius 3 is 2.62 bits per heavy atom. The lowest BCUT2D eigenvalue weighted by atomic mass is 10.0. The highest BCUT2D eigenvalue weighted by atomic mass is 35.5. The molecule has 21 heavy (non-hydrogen) atoms. The predicted octanol–water partition coefficient (Wildman–Crippen LogP) is 5.03. The molecule has 0 N–H and O–H groups in total. The number of carbonyl (C=O) groups excluding carboxylic acids is 1. The number of ketones is 1. The summed E-state index contributed by atoms with van der Waals surface area (Å²) >= 11 is 5.89. The zero-order valence-electron chi connectivity index (χ0n) is 12.5. The lowest BCUT2D eigenvalue weighted by Crippen LogP contribution is -2.12. The number of carbonyl (C=O) groups is 1. The van der Waals surface area contributed by atoms with Gasteiger partial charge in [0.1, 0.15) is 5.75 Å². The fraction of sp³-hybridized carbons (Fsp3) is 0.278. The molecule has 0 heterocycles. The van der Waals surface area contributed by atoms with E-state index in [9.17, 15) is 4.79 Å². The summed E-state index contributed by atoms with van der Waals surface area (Å²) in [7, 11) is 0. The maximum atomic E-state index is 12.1. The Hall–Kier alpha value is -1.80. The van der Waals surface area contributed by atoms with Crippen LogP contribution in [0.4, 0.5) is 0 Å². The zero-order valence-corrected chi connectivity index (χ0v) is 13.3. The van der Waals surface area contributed by atoms with Gasteiger partial charge in [-0.1, -0.05) is 49.7 Å². The molecular formula is C18H19ClO2. The Balaban J connectivity index is 2.09. The predicted molar refractivity (Wildman–Crippen MR) is 86.5 cm³/mol. The molecule has 3 heteroatoms. The van der Waals surface area contributed by atoms with Gasteiger partial charge in [-0.05, 0) is 42.2 Å². The van der Waals surface area contributed by atoms with Crippen molar-refractivity contribution in [3.63, 3.8) is 0 Å². The molecule has 2 aromatic carbocycles. The van der Waals surface area contributed by atoms with Gasteiger partial charge in [0.15, 0.2) is 12.4 Å². The van der Waals surface area contributed by atoms with E-state index in [-0.39, 0.29) is 12.4 Å². The minimum Gasteiger partial charge on any atom is -0.485 e. The first-order valence-electron chi connectivity index (χ1n) is 6.99. The summed E-state index contributed by atoms with van der Waals surface area (Å²) in [6.45, 7) is 6.25. The average molecular weight is 303 g/mol. The number of ether oxygens (including phenoxy) is 1. The molecule has 0 unspecified atom stereocenters. The van der Waals surface area contributed by atoms with E-state index >= 15 is 0 Å². The lowest BCUT2D eigenvalue weighted by Gasteiger charge is -2.12. The molecule has 0 bridgehead atoms. The van der Waals surface area contributed by atoms with Crippen LogP contribution in [0.25, 0.3) is 0 Å². The minimum atomic E-state index is -0.0770. The Bertz CT molecular complexity index is 647. The molecule has 2 aromatic rings. The summed E-state index contributed by atoms with van der Waals surface area (Å²) in [5.41, 5.74) is 2.80. The molecule has 0 aromatic heterocycles. The highest BCUT2D eigenvalue weighted by Gasteiger charge is 2.10. The molecule has 2 rings (SSSR count). The number of hydrogen-bond acceptors (Lipinski definition) is 2. The first kappa shape index (κ1) is 15.6. The summed E-state index contributed by atoms with van der Waals surface area (Å²) in [6.07, 6.45) is 0. The van der Waals surface area contributed by atoms with Crippen molar-refractivity contribution in [1.82, 2.24) is 0 Å². The van der Waals surface area contributed by atoms with Crippen LogP contribution < -0.4 is 4.74 Å². The van der Waals surface area contributed by atoms with Crippen LogP contribution in [-0.2, 0) is 0 Å². The molecule has 0 aliphatic rings. The number of Topliss-reactive ketones (excluding diaryl/α,β-unsaturated/α-hetero) is 1. The van der Waals surface area contributed by atoms with Crippen molar-refractivity contribution in [1.29, 1.82) is 0 Å². The van der Waals surface area contributed by atoms with Crippen molar-refractivity contribution in [3.8, 4) is 5.75 Å². The molecule has 0 saturated carbocycles. The van der Waals surface area contributed by atoms with Crippen molar-refractivity contribution in [2.24, 2.45) is 0 Å². The van der Waals surface area contributed by atoms with Crippen molar-refractivity contribution in [2.75, 3.05) is 6.61 Å². The smallest absolute Gasteiger partial charge is 0.200 e. The highest BCUT2D eigenvalue weighted by Crippen LogP contribution is 2.24. The molecule has 0 amide bonds. The molecular weight excluding hydrogens is 284 g/mol. The van der Waals surface area contributed by atoms with Crippen LogP contribution in [0.2, 0.25) is 5.02 Å². The highest BCUT2D eigenvalue weighted by molar-refractivity contribution is 6.31. The van der Waals surface area contributed by atoms with E-state index in [0.717, 1.165) is 11.3 Å². The minimum absolute atomic E-state index is 0.0166. The third-order valence-electron chi connectivity index (χ3n) is 3.38. The standard InChI is InChI=1S/C18H19ClO2/c1-12(2)14-8-7-13(3)18(10-14)21-11-17(20)15-5-4-6-16(19)9-15/h4-10,12H,11H2,1-3H3. The van der Waals surface area contributed by atoms with Crippen LogP contribution >= 0.6 is 11.6 Å². The molecule has 0 fully saturated rings. The van der Waals surface area contributed by atoms with Gasteiger partial charge < -0.3 is 4.74 Å². The summed E-state index contributed by atoms with van der Waals surface area (Å²) < 4.78 is 5.69. The third kappa shape index (κ3) is 4.08. The number of hydrogen-bond donors (Lipinski definition) is 0. The fourth-order valence-corrected chi connectivity index (χ4v) is 2.21. The Labute approximate surface area is 130 Å². The van der Waals surface area contributed by atoms with E-state index < -0.39 is 0 Å². The first-order valence-corrected chi connectivity index (χ1v) is 7.37. The normalized spacial score (nSPS) is 10.7. The second-order valence-corrected chi connectivity index (χ2v) is 5.84. The maximum absolute atomic E-state index is 12.1. The Morgan fingerprint density at radius 1 is 1.19 bits per heavy atom. The topological polar surface area (TPSA) is 26.3 Å². The van der Waals surface area contributed by atoms with Crippen LogP contribution in [0.1, 0.15) is 41.3 Å². The molecule has 0 aliphatic carbocycles. The van der Waals surface area contributed by atoms with Gasteiger partial charge in [0.2, 0.25) is 0 Å². The van der Waals surface area contributed by atoms with Gasteiger partial charge in [-0.3, -0.25) is 4.79 Å². The van der Waals surface area contributed by atoms with Crippen molar-refractivity contribution >= 4 is 17.4 Å². The molecule has 110 valence electrons. The molecule has 0 saturated heterocycles. The third-order valence-corrected chi connectivity index (χ3v) is 3.62. The molecule has 0 atom stereocenters. The van der Waals surface area contributed by atoms with Crippen LogP contribution in [-0.4, -0.2) is 12.4 Å². The number of rotatable bonds is 5. The number of aryl methyl sites for hydroxylation is 1. The summed E-state index contributed by atoms with van der Waals surface area (Å²) in [6, 6.07) is 13.0. The number of halogens is 1. The molecule has 0 radical (unpaired) electrons. The van der Waals surface area contributed by atoms with Crippen molar-refractivity contribution in [3.05, 3.63) is 64.2 Å². The van der Waals surface area contributed by atoms with Crippen LogP contribution in [0, 0.1) is 6.92 Å². The van der Waals surface area contributed by atoms with E-state index in [1.165, 1.54) is 5.56 Å². The Morgan fingerprint density at radius 2 is 1.95 bits per heavy atom. The largest absolute Gasteiger partial charge is 0.485 e. The SMILES string of the molecule is Cc1ccc(C(C)C)cc1OCC(=O)c1cccc(Cl)c1. The van der Waals surface area contributed by atoms with Crippen molar-refractivity contribution < 1.29 is 9.53 Å².